The molecule has 2 aromatic rings. The van der Waals surface area contributed by atoms with Crippen LogP contribution in [0.1, 0.15) is 30.4 Å². The summed E-state index contributed by atoms with van der Waals surface area (Å²) in [7, 11) is 1.75. The van der Waals surface area contributed by atoms with Crippen molar-refractivity contribution in [1.82, 2.24) is 9.80 Å². The van der Waals surface area contributed by atoms with Crippen molar-refractivity contribution in [2.75, 3.05) is 57.9 Å². The largest absolute Gasteiger partial charge is 0.495 e. The predicted octanol–water partition coefficient (Wildman–Crippen LogP) is 3.22. The van der Waals surface area contributed by atoms with Gasteiger partial charge in [-0.05, 0) is 49.2 Å². The summed E-state index contributed by atoms with van der Waals surface area (Å²) >= 11 is 0. The highest BCUT2D eigenvalue weighted by atomic mass is 16.5. The molecule has 2 aromatic carbocycles. The Balaban J connectivity index is 1.29. The van der Waals surface area contributed by atoms with Gasteiger partial charge < -0.3 is 14.7 Å². The first-order valence-electron chi connectivity index (χ1n) is 11.8. The number of rotatable bonds is 6. The minimum atomic E-state index is 0.122. The minimum absolute atomic E-state index is 0.122. The Morgan fingerprint density at radius 3 is 2.53 bits per heavy atom. The van der Waals surface area contributed by atoms with Gasteiger partial charge in [0.15, 0.2) is 0 Å². The summed E-state index contributed by atoms with van der Waals surface area (Å²) in [5.74, 6) is 7.06. The van der Waals surface area contributed by atoms with Gasteiger partial charge in [-0.25, -0.2) is 0 Å². The SMILES string of the molecule is COc1ccccc1N1CCN([C@@H]2CCCN(Cc3ccc(C#CCCO)cc3)C2)CC1. The van der Waals surface area contributed by atoms with Crippen molar-refractivity contribution >= 4 is 5.69 Å². The summed E-state index contributed by atoms with van der Waals surface area (Å²) in [6.07, 6.45) is 3.09. The molecule has 0 aromatic heterocycles. The fourth-order valence-electron chi connectivity index (χ4n) is 4.86. The number of methoxy groups -OCH3 is 1. The van der Waals surface area contributed by atoms with Crippen molar-refractivity contribution in [2.24, 2.45) is 0 Å². The van der Waals surface area contributed by atoms with Crippen LogP contribution < -0.4 is 9.64 Å². The molecule has 0 unspecified atom stereocenters. The van der Waals surface area contributed by atoms with Crippen LogP contribution in [0.4, 0.5) is 5.69 Å². The van der Waals surface area contributed by atoms with Gasteiger partial charge in [0.1, 0.15) is 5.75 Å². The number of anilines is 1. The molecular formula is C27H35N3O2. The molecule has 0 bridgehead atoms. The Kier molecular flexibility index (Phi) is 8.06. The number of aliphatic hydroxyl groups is 1. The van der Waals surface area contributed by atoms with Crippen molar-refractivity contribution in [3.05, 3.63) is 59.7 Å². The monoisotopic (exact) mass is 433 g/mol. The molecule has 0 spiro atoms. The van der Waals surface area contributed by atoms with Crippen LogP contribution in [0.25, 0.3) is 0 Å². The third-order valence-corrected chi connectivity index (χ3v) is 6.57. The number of ether oxygens (including phenoxy) is 1. The van der Waals surface area contributed by atoms with Crippen LogP contribution in [0.2, 0.25) is 0 Å². The van der Waals surface area contributed by atoms with E-state index >= 15 is 0 Å². The lowest BCUT2D eigenvalue weighted by molar-refractivity contribution is 0.0887. The van der Waals surface area contributed by atoms with Gasteiger partial charge in [-0.2, -0.15) is 0 Å². The number of aliphatic hydroxyl groups excluding tert-OH is 1. The van der Waals surface area contributed by atoms with E-state index in [4.69, 9.17) is 9.84 Å². The minimum Gasteiger partial charge on any atom is -0.495 e. The maximum absolute atomic E-state index is 8.85. The van der Waals surface area contributed by atoms with Crippen LogP contribution in [-0.4, -0.2) is 73.9 Å². The number of benzene rings is 2. The number of nitrogens with zero attached hydrogens (tertiary/aromatic N) is 3. The second-order valence-corrected chi connectivity index (χ2v) is 8.70. The number of hydrogen-bond donors (Lipinski definition) is 1. The molecular weight excluding hydrogens is 398 g/mol. The molecule has 2 fully saturated rings. The van der Waals surface area contributed by atoms with Crippen LogP contribution in [0.3, 0.4) is 0 Å². The number of likely N-dealkylation sites (tertiary alicyclic amines) is 1. The van der Waals surface area contributed by atoms with E-state index in [1.165, 1.54) is 30.6 Å². The first-order chi connectivity index (χ1) is 15.8. The van der Waals surface area contributed by atoms with E-state index in [0.29, 0.717) is 12.5 Å². The van der Waals surface area contributed by atoms with Gasteiger partial charge in [0.2, 0.25) is 0 Å². The van der Waals surface area contributed by atoms with Gasteiger partial charge in [0, 0.05) is 57.3 Å². The van der Waals surface area contributed by atoms with Gasteiger partial charge in [-0.1, -0.05) is 36.1 Å². The van der Waals surface area contributed by atoms with Crippen LogP contribution >= 0.6 is 0 Å². The van der Waals surface area contributed by atoms with E-state index in [1.54, 1.807) is 7.11 Å². The Bertz CT molecular complexity index is 910. The molecule has 0 saturated carbocycles. The molecule has 2 saturated heterocycles. The van der Waals surface area contributed by atoms with E-state index in [-0.39, 0.29) is 6.61 Å². The Morgan fingerprint density at radius 2 is 1.78 bits per heavy atom. The van der Waals surface area contributed by atoms with Crippen molar-refractivity contribution in [3.8, 4) is 17.6 Å². The second-order valence-electron chi connectivity index (χ2n) is 8.70. The lowest BCUT2D eigenvalue weighted by Gasteiger charge is -2.44. The molecule has 5 nitrogen and oxygen atoms in total. The Morgan fingerprint density at radius 1 is 1.00 bits per heavy atom. The molecule has 0 radical (unpaired) electrons. The van der Waals surface area contributed by atoms with Crippen molar-refractivity contribution in [2.45, 2.75) is 31.8 Å². The van der Waals surface area contributed by atoms with E-state index in [9.17, 15) is 0 Å². The first-order valence-corrected chi connectivity index (χ1v) is 11.8. The molecule has 170 valence electrons. The molecule has 2 heterocycles. The fraction of sp³-hybridized carbons (Fsp3) is 0.481. The lowest BCUT2D eigenvalue weighted by atomic mass is 10.0. The summed E-state index contributed by atoms with van der Waals surface area (Å²) < 4.78 is 5.56. The fourth-order valence-corrected chi connectivity index (χ4v) is 4.86. The molecule has 1 atom stereocenters. The molecule has 0 amide bonds. The quantitative estimate of drug-likeness (QED) is 0.709. The summed E-state index contributed by atoms with van der Waals surface area (Å²) in [4.78, 5) is 7.76. The summed E-state index contributed by atoms with van der Waals surface area (Å²) in [5.41, 5.74) is 3.58. The van der Waals surface area contributed by atoms with Crippen molar-refractivity contribution in [1.29, 1.82) is 0 Å². The van der Waals surface area contributed by atoms with Crippen molar-refractivity contribution < 1.29 is 9.84 Å². The number of piperidine rings is 1. The van der Waals surface area contributed by atoms with Crippen LogP contribution in [-0.2, 0) is 6.54 Å². The molecule has 2 aliphatic heterocycles. The zero-order valence-electron chi connectivity index (χ0n) is 19.2. The average molecular weight is 434 g/mol. The summed E-state index contributed by atoms with van der Waals surface area (Å²) in [5, 5.41) is 8.85. The van der Waals surface area contributed by atoms with Gasteiger partial charge >= 0.3 is 0 Å². The highest BCUT2D eigenvalue weighted by molar-refractivity contribution is 5.58. The summed E-state index contributed by atoms with van der Waals surface area (Å²) in [6, 6.07) is 17.6. The zero-order chi connectivity index (χ0) is 22.2. The topological polar surface area (TPSA) is 39.2 Å². The predicted molar refractivity (Wildman–Crippen MR) is 130 cm³/mol. The number of piperazine rings is 1. The van der Waals surface area contributed by atoms with E-state index < -0.39 is 0 Å². The van der Waals surface area contributed by atoms with Gasteiger partial charge in [-0.15, -0.1) is 0 Å². The highest BCUT2D eigenvalue weighted by Gasteiger charge is 2.28. The van der Waals surface area contributed by atoms with Gasteiger partial charge in [0.25, 0.3) is 0 Å². The smallest absolute Gasteiger partial charge is 0.142 e. The van der Waals surface area contributed by atoms with E-state index in [1.807, 2.05) is 6.07 Å². The maximum Gasteiger partial charge on any atom is 0.142 e. The highest BCUT2D eigenvalue weighted by Crippen LogP contribution is 2.29. The van der Waals surface area contributed by atoms with Crippen LogP contribution in [0.15, 0.2) is 48.5 Å². The number of para-hydroxylation sites is 2. The normalized spacial score (nSPS) is 19.9. The van der Waals surface area contributed by atoms with Gasteiger partial charge in [0.05, 0.1) is 19.4 Å². The third-order valence-electron chi connectivity index (χ3n) is 6.57. The van der Waals surface area contributed by atoms with E-state index in [0.717, 1.165) is 50.6 Å². The van der Waals surface area contributed by atoms with Crippen LogP contribution in [0.5, 0.6) is 5.75 Å². The van der Waals surface area contributed by atoms with E-state index in [2.05, 4.69) is 69.0 Å². The molecule has 2 aliphatic rings. The Labute approximate surface area is 192 Å². The maximum atomic E-state index is 8.85. The molecule has 32 heavy (non-hydrogen) atoms. The molecule has 4 rings (SSSR count). The molecule has 5 heteroatoms. The lowest BCUT2D eigenvalue weighted by Crippen LogP contribution is -2.55. The number of hydrogen-bond acceptors (Lipinski definition) is 5. The van der Waals surface area contributed by atoms with Crippen LogP contribution in [0, 0.1) is 11.8 Å². The second kappa shape index (κ2) is 11.4. The zero-order valence-corrected chi connectivity index (χ0v) is 19.2. The third kappa shape index (κ3) is 5.83. The molecule has 0 aliphatic carbocycles. The first kappa shape index (κ1) is 22.7. The standard InChI is InChI=1S/C27H35N3O2/c1-32-27-10-3-2-9-26(27)30-18-16-29(17-19-30)25-8-6-15-28(22-25)21-24-13-11-23(12-14-24)7-4-5-20-31/h2-3,9-14,25,31H,5-6,8,15-22H2,1H3/t25-/m1/s1. The van der Waals surface area contributed by atoms with Crippen molar-refractivity contribution in [3.63, 3.8) is 0 Å². The molecule has 1 N–H and O–H groups in total. The average Bonchev–Trinajstić information content (AvgIpc) is 2.85. The van der Waals surface area contributed by atoms with Gasteiger partial charge in [-0.3, -0.25) is 9.80 Å². The summed E-state index contributed by atoms with van der Waals surface area (Å²) in [6.45, 7) is 7.77. The Hall–Kier alpha value is -2.52.